The zero-order valence-corrected chi connectivity index (χ0v) is 12.0. The van der Waals surface area contributed by atoms with Crippen LogP contribution in [0.25, 0.3) is 5.65 Å². The summed E-state index contributed by atoms with van der Waals surface area (Å²) in [7, 11) is 0. The van der Waals surface area contributed by atoms with Crippen molar-refractivity contribution in [2.75, 3.05) is 13.1 Å². The first-order valence-electron chi connectivity index (χ1n) is 6.97. The van der Waals surface area contributed by atoms with Crippen LogP contribution in [0.4, 0.5) is 0 Å². The van der Waals surface area contributed by atoms with Gasteiger partial charge in [0.1, 0.15) is 11.2 Å². The molecule has 0 aliphatic carbocycles. The van der Waals surface area contributed by atoms with E-state index in [4.69, 9.17) is 4.74 Å². The van der Waals surface area contributed by atoms with Gasteiger partial charge in [-0.15, -0.1) is 0 Å². The molecule has 0 N–H and O–H groups in total. The van der Waals surface area contributed by atoms with Crippen molar-refractivity contribution in [2.45, 2.75) is 26.1 Å². The van der Waals surface area contributed by atoms with Crippen molar-refractivity contribution in [3.05, 3.63) is 46.5 Å². The predicted molar refractivity (Wildman–Crippen MR) is 77.4 cm³/mol. The number of morpholine rings is 1. The minimum absolute atomic E-state index is 0.0335. The number of hydrogen-bond donors (Lipinski definition) is 0. The maximum Gasteiger partial charge on any atom is 0.270 e. The minimum atomic E-state index is -0.336. The molecule has 1 amide bonds. The maximum absolute atomic E-state index is 12.6. The van der Waals surface area contributed by atoms with Crippen LogP contribution in [0.5, 0.6) is 0 Å². The zero-order chi connectivity index (χ0) is 15.0. The molecule has 6 nitrogen and oxygen atoms in total. The molecule has 0 unspecified atom stereocenters. The molecule has 21 heavy (non-hydrogen) atoms. The second kappa shape index (κ2) is 5.29. The number of ether oxygens (including phenoxy) is 1. The summed E-state index contributed by atoms with van der Waals surface area (Å²) >= 11 is 0. The molecule has 0 radical (unpaired) electrons. The number of pyridine rings is 1. The van der Waals surface area contributed by atoms with Crippen molar-refractivity contribution >= 4 is 11.6 Å². The van der Waals surface area contributed by atoms with E-state index in [1.165, 1.54) is 10.6 Å². The standard InChI is InChI=1S/C15H17N3O3/c1-10-8-17(9-11(2)21-10)14(19)12-7-16-13-5-3-4-6-18(13)15(12)20/h3-7,10-11H,8-9H2,1-2H3/t10-,11-/m1/s1. The van der Waals surface area contributed by atoms with Gasteiger partial charge in [-0.3, -0.25) is 14.0 Å². The lowest BCUT2D eigenvalue weighted by molar-refractivity contribution is -0.0586. The molecule has 2 atom stereocenters. The average molecular weight is 287 g/mol. The Kier molecular flexibility index (Phi) is 3.47. The van der Waals surface area contributed by atoms with E-state index in [0.29, 0.717) is 18.7 Å². The van der Waals surface area contributed by atoms with E-state index in [1.807, 2.05) is 13.8 Å². The molecule has 0 saturated carbocycles. The molecule has 6 heteroatoms. The van der Waals surface area contributed by atoms with E-state index in [9.17, 15) is 9.59 Å². The van der Waals surface area contributed by atoms with Gasteiger partial charge in [-0.2, -0.15) is 0 Å². The predicted octanol–water partition coefficient (Wildman–Crippen LogP) is 0.944. The van der Waals surface area contributed by atoms with Crippen molar-refractivity contribution in [3.8, 4) is 0 Å². The SMILES string of the molecule is C[C@@H]1CN(C(=O)c2cnc3ccccn3c2=O)C[C@@H](C)O1. The highest BCUT2D eigenvalue weighted by molar-refractivity contribution is 5.93. The van der Waals surface area contributed by atoms with Gasteiger partial charge in [-0.1, -0.05) is 6.07 Å². The molecule has 1 saturated heterocycles. The van der Waals surface area contributed by atoms with Gasteiger partial charge in [0.25, 0.3) is 11.5 Å². The third-order valence-corrected chi connectivity index (χ3v) is 3.55. The van der Waals surface area contributed by atoms with E-state index < -0.39 is 0 Å². The van der Waals surface area contributed by atoms with E-state index in [1.54, 1.807) is 29.3 Å². The Hall–Kier alpha value is -2.21. The number of hydrogen-bond acceptors (Lipinski definition) is 4. The summed E-state index contributed by atoms with van der Waals surface area (Å²) in [5.74, 6) is -0.284. The van der Waals surface area contributed by atoms with Crippen LogP contribution in [0, 0.1) is 0 Å². The molecular weight excluding hydrogens is 270 g/mol. The smallest absolute Gasteiger partial charge is 0.270 e. The summed E-state index contributed by atoms with van der Waals surface area (Å²) in [5, 5.41) is 0. The van der Waals surface area contributed by atoms with Crippen LogP contribution in [0.3, 0.4) is 0 Å². The lowest BCUT2D eigenvalue weighted by Crippen LogP contribution is -2.49. The molecule has 1 aliphatic heterocycles. The topological polar surface area (TPSA) is 63.9 Å². The van der Waals surface area contributed by atoms with Crippen molar-refractivity contribution in [2.24, 2.45) is 0 Å². The van der Waals surface area contributed by atoms with Gasteiger partial charge in [-0.05, 0) is 26.0 Å². The molecular formula is C15H17N3O3. The second-order valence-electron chi connectivity index (χ2n) is 5.37. The molecule has 2 aromatic heterocycles. The molecule has 0 bridgehead atoms. The highest BCUT2D eigenvalue weighted by Gasteiger charge is 2.28. The first-order valence-corrected chi connectivity index (χ1v) is 6.97. The number of aromatic nitrogens is 2. The summed E-state index contributed by atoms with van der Waals surface area (Å²) in [6, 6.07) is 5.27. The number of fused-ring (bicyclic) bond motifs is 1. The Morgan fingerprint density at radius 1 is 1.29 bits per heavy atom. The summed E-state index contributed by atoms with van der Waals surface area (Å²) in [5.41, 5.74) is 0.292. The molecule has 110 valence electrons. The lowest BCUT2D eigenvalue weighted by Gasteiger charge is -2.35. The fourth-order valence-corrected chi connectivity index (χ4v) is 2.69. The van der Waals surface area contributed by atoms with Crippen LogP contribution in [-0.2, 0) is 4.74 Å². The van der Waals surface area contributed by atoms with Gasteiger partial charge in [0.15, 0.2) is 0 Å². The fraction of sp³-hybridized carbons (Fsp3) is 0.400. The van der Waals surface area contributed by atoms with Crippen LogP contribution in [0.1, 0.15) is 24.2 Å². The molecule has 0 aromatic carbocycles. The Balaban J connectivity index is 1.98. The van der Waals surface area contributed by atoms with Crippen molar-refractivity contribution in [3.63, 3.8) is 0 Å². The first kappa shape index (κ1) is 13.8. The first-order chi connectivity index (χ1) is 10.1. The number of amides is 1. The van der Waals surface area contributed by atoms with Crippen molar-refractivity contribution < 1.29 is 9.53 Å². The highest BCUT2D eigenvalue weighted by Crippen LogP contribution is 2.13. The number of nitrogens with zero attached hydrogens (tertiary/aromatic N) is 3. The summed E-state index contributed by atoms with van der Waals surface area (Å²) in [6.45, 7) is 4.81. The van der Waals surface area contributed by atoms with Gasteiger partial charge in [0.05, 0.1) is 12.2 Å². The number of carbonyl (C=O) groups is 1. The van der Waals surface area contributed by atoms with E-state index in [-0.39, 0.29) is 29.2 Å². The van der Waals surface area contributed by atoms with Crippen LogP contribution in [0.2, 0.25) is 0 Å². The maximum atomic E-state index is 12.6. The van der Waals surface area contributed by atoms with Crippen LogP contribution >= 0.6 is 0 Å². The van der Waals surface area contributed by atoms with E-state index in [2.05, 4.69) is 4.98 Å². The van der Waals surface area contributed by atoms with Gasteiger partial charge in [0, 0.05) is 25.5 Å². The van der Waals surface area contributed by atoms with Gasteiger partial charge in [0.2, 0.25) is 0 Å². The van der Waals surface area contributed by atoms with E-state index >= 15 is 0 Å². The molecule has 1 fully saturated rings. The highest BCUT2D eigenvalue weighted by atomic mass is 16.5. The largest absolute Gasteiger partial charge is 0.372 e. The Bertz CT molecular complexity index is 730. The third-order valence-electron chi connectivity index (χ3n) is 3.55. The Labute approximate surface area is 122 Å². The van der Waals surface area contributed by atoms with Crippen molar-refractivity contribution in [1.82, 2.24) is 14.3 Å². The lowest BCUT2D eigenvalue weighted by atomic mass is 10.2. The van der Waals surface area contributed by atoms with Gasteiger partial charge >= 0.3 is 0 Å². The summed E-state index contributed by atoms with van der Waals surface area (Å²) < 4.78 is 7.00. The minimum Gasteiger partial charge on any atom is -0.372 e. The monoisotopic (exact) mass is 287 g/mol. The normalized spacial score (nSPS) is 22.5. The summed E-state index contributed by atoms with van der Waals surface area (Å²) in [4.78, 5) is 30.8. The number of carbonyl (C=O) groups excluding carboxylic acids is 1. The van der Waals surface area contributed by atoms with Crippen molar-refractivity contribution in [1.29, 1.82) is 0 Å². The third kappa shape index (κ3) is 2.54. The van der Waals surface area contributed by atoms with Crippen LogP contribution < -0.4 is 5.56 Å². The second-order valence-corrected chi connectivity index (χ2v) is 5.37. The van der Waals surface area contributed by atoms with Crippen LogP contribution in [-0.4, -0.2) is 45.5 Å². The molecule has 1 aliphatic rings. The average Bonchev–Trinajstić information content (AvgIpc) is 2.46. The molecule has 3 rings (SSSR count). The van der Waals surface area contributed by atoms with E-state index in [0.717, 1.165) is 0 Å². The summed E-state index contributed by atoms with van der Waals surface area (Å²) in [6.07, 6.45) is 2.92. The van der Waals surface area contributed by atoms with Crippen LogP contribution in [0.15, 0.2) is 35.4 Å². The molecule has 2 aromatic rings. The number of rotatable bonds is 1. The van der Waals surface area contributed by atoms with Gasteiger partial charge in [-0.25, -0.2) is 4.98 Å². The fourth-order valence-electron chi connectivity index (χ4n) is 2.69. The molecule has 3 heterocycles. The quantitative estimate of drug-likeness (QED) is 0.783. The molecule has 0 spiro atoms. The zero-order valence-electron chi connectivity index (χ0n) is 12.0. The Morgan fingerprint density at radius 2 is 2.00 bits per heavy atom. The van der Waals surface area contributed by atoms with Gasteiger partial charge < -0.3 is 9.64 Å². The Morgan fingerprint density at radius 3 is 2.71 bits per heavy atom.